The molecule has 2 aromatic carbocycles. The van der Waals surface area contributed by atoms with E-state index >= 15 is 0 Å². The van der Waals surface area contributed by atoms with Gasteiger partial charge < -0.3 is 15.0 Å². The van der Waals surface area contributed by atoms with Gasteiger partial charge in [0.05, 0.1) is 4.47 Å². The molecule has 1 N–H and O–H groups in total. The van der Waals surface area contributed by atoms with Crippen LogP contribution in [0, 0.1) is 5.92 Å². The molecule has 0 aliphatic carbocycles. The Balaban J connectivity index is 2.18. The maximum absolute atomic E-state index is 13.1. The fraction of sp³-hybridized carbons (Fsp3) is 0.391. The lowest BCUT2D eigenvalue weighted by molar-refractivity contribution is -0.143. The Kier molecular flexibility index (Phi) is 9.66. The second-order valence-electron chi connectivity index (χ2n) is 7.43. The van der Waals surface area contributed by atoms with Crippen molar-refractivity contribution in [2.24, 2.45) is 5.92 Å². The van der Waals surface area contributed by atoms with Crippen LogP contribution in [-0.2, 0) is 16.1 Å². The van der Waals surface area contributed by atoms with Crippen molar-refractivity contribution >= 4 is 39.3 Å². The van der Waals surface area contributed by atoms with E-state index in [4.69, 9.17) is 16.3 Å². The predicted octanol–water partition coefficient (Wildman–Crippen LogP) is 5.06. The number of hydrogen-bond donors (Lipinski definition) is 1. The van der Waals surface area contributed by atoms with Crippen molar-refractivity contribution in [1.82, 2.24) is 10.2 Å². The lowest BCUT2D eigenvalue weighted by Crippen LogP contribution is -2.50. The minimum absolute atomic E-state index is 0.150. The van der Waals surface area contributed by atoms with Crippen LogP contribution in [0.2, 0.25) is 5.02 Å². The van der Waals surface area contributed by atoms with Gasteiger partial charge in [-0.05, 0) is 52.0 Å². The SMILES string of the molecule is CCC(C(=O)NCC(C)C)N(Cc1ccccc1)C(=O)COc1ccc(Cl)cc1Br. The number of nitrogens with one attached hydrogen (secondary N) is 1. The molecule has 30 heavy (non-hydrogen) atoms. The minimum Gasteiger partial charge on any atom is -0.483 e. The average Bonchev–Trinajstić information content (AvgIpc) is 2.72. The zero-order valence-corrected chi connectivity index (χ0v) is 19.9. The molecule has 0 saturated carbocycles. The van der Waals surface area contributed by atoms with Crippen LogP contribution < -0.4 is 10.1 Å². The smallest absolute Gasteiger partial charge is 0.261 e. The van der Waals surface area contributed by atoms with E-state index in [1.807, 2.05) is 51.1 Å². The number of rotatable bonds is 10. The molecule has 0 radical (unpaired) electrons. The monoisotopic (exact) mass is 494 g/mol. The van der Waals surface area contributed by atoms with Crippen molar-refractivity contribution in [3.8, 4) is 5.75 Å². The molecule has 0 fully saturated rings. The van der Waals surface area contributed by atoms with Crippen LogP contribution >= 0.6 is 27.5 Å². The second-order valence-corrected chi connectivity index (χ2v) is 8.72. The van der Waals surface area contributed by atoms with Crippen molar-refractivity contribution in [3.63, 3.8) is 0 Å². The third-order valence-corrected chi connectivity index (χ3v) is 5.37. The predicted molar refractivity (Wildman–Crippen MR) is 124 cm³/mol. The van der Waals surface area contributed by atoms with Gasteiger partial charge in [-0.15, -0.1) is 0 Å². The van der Waals surface area contributed by atoms with Crippen LogP contribution in [0.3, 0.4) is 0 Å². The first-order chi connectivity index (χ1) is 14.3. The summed E-state index contributed by atoms with van der Waals surface area (Å²) >= 11 is 9.35. The molecule has 2 rings (SSSR count). The highest BCUT2D eigenvalue weighted by Gasteiger charge is 2.29. The second kappa shape index (κ2) is 12.0. The number of hydrogen-bond acceptors (Lipinski definition) is 3. The quantitative estimate of drug-likeness (QED) is 0.501. The molecule has 5 nitrogen and oxygen atoms in total. The Morgan fingerprint density at radius 1 is 1.17 bits per heavy atom. The number of halogens is 2. The standard InChI is InChI=1S/C23H28BrClN2O3/c1-4-20(23(29)26-13-16(2)3)27(14-17-8-6-5-7-9-17)22(28)15-30-21-11-10-18(25)12-19(21)24/h5-12,16,20H,4,13-15H2,1-3H3,(H,26,29). The van der Waals surface area contributed by atoms with Gasteiger partial charge >= 0.3 is 0 Å². The molecule has 0 aliphatic heterocycles. The highest BCUT2D eigenvalue weighted by atomic mass is 79.9. The summed E-state index contributed by atoms with van der Waals surface area (Å²) in [6.45, 7) is 6.69. The molecular weight excluding hydrogens is 468 g/mol. The molecule has 1 atom stereocenters. The molecule has 162 valence electrons. The summed E-state index contributed by atoms with van der Waals surface area (Å²) in [6.07, 6.45) is 0.507. The van der Waals surface area contributed by atoms with Crippen molar-refractivity contribution < 1.29 is 14.3 Å². The highest BCUT2D eigenvalue weighted by Crippen LogP contribution is 2.28. The van der Waals surface area contributed by atoms with Crippen molar-refractivity contribution in [3.05, 3.63) is 63.6 Å². The van der Waals surface area contributed by atoms with E-state index in [2.05, 4.69) is 21.2 Å². The lowest BCUT2D eigenvalue weighted by Gasteiger charge is -2.31. The third-order valence-electron chi connectivity index (χ3n) is 4.51. The molecule has 7 heteroatoms. The van der Waals surface area contributed by atoms with E-state index in [0.717, 1.165) is 5.56 Å². The van der Waals surface area contributed by atoms with Gasteiger partial charge in [-0.1, -0.05) is 62.7 Å². The van der Waals surface area contributed by atoms with Crippen LogP contribution in [0.4, 0.5) is 0 Å². The molecule has 0 heterocycles. The van der Waals surface area contributed by atoms with Gasteiger partial charge in [-0.25, -0.2) is 0 Å². The first-order valence-corrected chi connectivity index (χ1v) is 11.2. The Labute approximate surface area is 191 Å². The Bertz CT molecular complexity index is 846. The van der Waals surface area contributed by atoms with Gasteiger partial charge in [0.15, 0.2) is 6.61 Å². The number of carbonyl (C=O) groups excluding carboxylic acids is 2. The first kappa shape index (κ1) is 24.2. The Morgan fingerprint density at radius 3 is 2.47 bits per heavy atom. The van der Waals surface area contributed by atoms with Gasteiger partial charge in [0.25, 0.3) is 5.91 Å². The van der Waals surface area contributed by atoms with Gasteiger partial charge in [0, 0.05) is 18.1 Å². The molecular formula is C23H28BrClN2O3. The number of benzene rings is 2. The molecule has 1 unspecified atom stereocenters. The van der Waals surface area contributed by atoms with Gasteiger partial charge in [0.2, 0.25) is 5.91 Å². The van der Waals surface area contributed by atoms with Crippen LogP contribution in [0.1, 0.15) is 32.8 Å². The minimum atomic E-state index is -0.575. The maximum Gasteiger partial charge on any atom is 0.261 e. The number of amides is 2. The average molecular weight is 496 g/mol. The summed E-state index contributed by atoms with van der Waals surface area (Å²) in [5, 5.41) is 3.52. The molecule has 0 bridgehead atoms. The summed E-state index contributed by atoms with van der Waals surface area (Å²) in [7, 11) is 0. The van der Waals surface area contributed by atoms with Gasteiger partial charge in [-0.3, -0.25) is 9.59 Å². The zero-order chi connectivity index (χ0) is 22.1. The first-order valence-electron chi connectivity index (χ1n) is 10.0. The lowest BCUT2D eigenvalue weighted by atomic mass is 10.1. The summed E-state index contributed by atoms with van der Waals surface area (Å²) < 4.78 is 6.38. The fourth-order valence-corrected chi connectivity index (χ4v) is 3.73. The number of nitrogens with zero attached hydrogens (tertiary/aromatic N) is 1. The van der Waals surface area contributed by atoms with Crippen molar-refractivity contribution in [2.45, 2.75) is 39.8 Å². The zero-order valence-electron chi connectivity index (χ0n) is 17.5. The Morgan fingerprint density at radius 2 is 1.87 bits per heavy atom. The van der Waals surface area contributed by atoms with Gasteiger partial charge in [-0.2, -0.15) is 0 Å². The summed E-state index contributed by atoms with van der Waals surface area (Å²) in [4.78, 5) is 27.5. The molecule has 0 spiro atoms. The molecule has 0 saturated heterocycles. The van der Waals surface area contributed by atoms with Crippen LogP contribution in [0.25, 0.3) is 0 Å². The molecule has 0 aromatic heterocycles. The normalized spacial score (nSPS) is 11.8. The van der Waals surface area contributed by atoms with E-state index in [1.54, 1.807) is 23.1 Å². The highest BCUT2D eigenvalue weighted by molar-refractivity contribution is 9.10. The largest absolute Gasteiger partial charge is 0.483 e. The van der Waals surface area contributed by atoms with E-state index in [9.17, 15) is 9.59 Å². The van der Waals surface area contributed by atoms with Crippen LogP contribution in [0.5, 0.6) is 5.75 Å². The fourth-order valence-electron chi connectivity index (χ4n) is 2.94. The Hall–Kier alpha value is -2.05. The number of carbonyl (C=O) groups is 2. The van der Waals surface area contributed by atoms with Crippen molar-refractivity contribution in [2.75, 3.05) is 13.2 Å². The summed E-state index contributed by atoms with van der Waals surface area (Å²) in [5.41, 5.74) is 0.952. The molecule has 2 amide bonds. The van der Waals surface area contributed by atoms with Crippen molar-refractivity contribution in [1.29, 1.82) is 0 Å². The van der Waals surface area contributed by atoms with Gasteiger partial charge in [0.1, 0.15) is 11.8 Å². The topological polar surface area (TPSA) is 58.6 Å². The van der Waals surface area contributed by atoms with E-state index in [-0.39, 0.29) is 18.4 Å². The van der Waals surface area contributed by atoms with E-state index < -0.39 is 6.04 Å². The molecule has 2 aromatic rings. The third kappa shape index (κ3) is 7.33. The van der Waals surface area contributed by atoms with Crippen LogP contribution in [-0.4, -0.2) is 35.9 Å². The van der Waals surface area contributed by atoms with Crippen LogP contribution in [0.15, 0.2) is 53.0 Å². The maximum atomic E-state index is 13.1. The van der Waals surface area contributed by atoms with E-state index in [1.165, 1.54) is 0 Å². The molecule has 0 aliphatic rings. The summed E-state index contributed by atoms with van der Waals surface area (Å²) in [6, 6.07) is 14.2. The number of ether oxygens (including phenoxy) is 1. The van der Waals surface area contributed by atoms with E-state index in [0.29, 0.717) is 40.7 Å². The summed E-state index contributed by atoms with van der Waals surface area (Å²) in [5.74, 6) is 0.440.